The monoisotopic (exact) mass is 239 g/mol. The van der Waals surface area contributed by atoms with E-state index >= 15 is 0 Å². The molecule has 2 N–H and O–H groups in total. The second-order valence-corrected chi connectivity index (χ2v) is 3.69. The van der Waals surface area contributed by atoms with E-state index in [0.717, 1.165) is 5.56 Å². The number of nitrogens with one attached hydrogen (secondary N) is 1. The number of rotatable bonds is 5. The van der Waals surface area contributed by atoms with Crippen molar-refractivity contribution in [2.75, 3.05) is 6.67 Å². The van der Waals surface area contributed by atoms with Crippen molar-refractivity contribution in [2.24, 2.45) is 0 Å². The number of alkyl halides is 1. The van der Waals surface area contributed by atoms with Gasteiger partial charge in [0.05, 0.1) is 5.92 Å². The number of carbonyl (C=O) groups excluding carboxylic acids is 1. The third-order valence-corrected chi connectivity index (χ3v) is 2.46. The van der Waals surface area contributed by atoms with Gasteiger partial charge in [0.1, 0.15) is 6.67 Å². The molecule has 0 aromatic heterocycles. The molecule has 1 aromatic rings. The maximum atomic E-state index is 12.3. The minimum Gasteiger partial charge on any atom is -0.480 e. The normalized spacial score (nSPS) is 13.8. The van der Waals surface area contributed by atoms with Crippen LogP contribution < -0.4 is 5.32 Å². The fraction of sp³-hybridized carbons (Fsp3) is 0.333. The zero-order valence-electron chi connectivity index (χ0n) is 9.39. The van der Waals surface area contributed by atoms with E-state index in [1.807, 2.05) is 6.07 Å². The van der Waals surface area contributed by atoms with Gasteiger partial charge >= 0.3 is 5.97 Å². The molecule has 0 aliphatic carbocycles. The van der Waals surface area contributed by atoms with Gasteiger partial charge in [-0.15, -0.1) is 0 Å². The molecule has 0 aliphatic rings. The van der Waals surface area contributed by atoms with Crippen molar-refractivity contribution in [1.82, 2.24) is 5.32 Å². The topological polar surface area (TPSA) is 66.4 Å². The Balaban J connectivity index is 2.68. The van der Waals surface area contributed by atoms with Crippen molar-refractivity contribution in [3.05, 3.63) is 35.9 Å². The summed E-state index contributed by atoms with van der Waals surface area (Å²) < 4.78 is 12.3. The third kappa shape index (κ3) is 3.55. The molecule has 1 rings (SSSR count). The Kier molecular flexibility index (Phi) is 4.63. The number of aliphatic carboxylic acids is 1. The van der Waals surface area contributed by atoms with Gasteiger partial charge in [0.15, 0.2) is 6.04 Å². The van der Waals surface area contributed by atoms with E-state index in [1.165, 1.54) is 0 Å². The van der Waals surface area contributed by atoms with Gasteiger partial charge in [0.2, 0.25) is 5.91 Å². The van der Waals surface area contributed by atoms with E-state index in [1.54, 1.807) is 31.2 Å². The number of carbonyl (C=O) groups is 2. The summed E-state index contributed by atoms with van der Waals surface area (Å²) in [5, 5.41) is 10.8. The molecule has 4 nitrogen and oxygen atoms in total. The molecule has 0 saturated carbocycles. The predicted octanol–water partition coefficient (Wildman–Crippen LogP) is 1.33. The lowest BCUT2D eigenvalue weighted by molar-refractivity contribution is -0.142. The summed E-state index contributed by atoms with van der Waals surface area (Å²) in [6, 6.07) is 7.42. The molecule has 92 valence electrons. The van der Waals surface area contributed by atoms with Crippen LogP contribution >= 0.6 is 0 Å². The standard InChI is InChI=1S/C12H14FNO3/c1-8(9-5-3-2-4-6-9)11(15)14-10(7-13)12(16)17/h2-6,8,10H,7H2,1H3,(H,14,15)(H,16,17)/t8-,10?/m1/s1. The molecule has 0 saturated heterocycles. The molecule has 5 heteroatoms. The summed E-state index contributed by atoms with van der Waals surface area (Å²) in [5.41, 5.74) is 0.757. The van der Waals surface area contributed by atoms with E-state index in [9.17, 15) is 14.0 Å². The average Bonchev–Trinajstić information content (AvgIpc) is 2.35. The largest absolute Gasteiger partial charge is 0.480 e. The van der Waals surface area contributed by atoms with E-state index in [0.29, 0.717) is 0 Å². The molecule has 0 radical (unpaired) electrons. The van der Waals surface area contributed by atoms with E-state index in [4.69, 9.17) is 5.11 Å². The first-order valence-corrected chi connectivity index (χ1v) is 5.20. The van der Waals surface area contributed by atoms with Crippen molar-refractivity contribution in [3.8, 4) is 0 Å². The summed E-state index contributed by atoms with van der Waals surface area (Å²) in [6.45, 7) is 0.518. The summed E-state index contributed by atoms with van der Waals surface area (Å²) in [7, 11) is 0. The highest BCUT2D eigenvalue weighted by Gasteiger charge is 2.23. The van der Waals surface area contributed by atoms with Gasteiger partial charge in [0, 0.05) is 0 Å². The summed E-state index contributed by atoms with van der Waals surface area (Å²) in [5.74, 6) is -2.38. The van der Waals surface area contributed by atoms with Crippen molar-refractivity contribution >= 4 is 11.9 Å². The van der Waals surface area contributed by atoms with Crippen LogP contribution in [0.25, 0.3) is 0 Å². The number of hydrogen-bond acceptors (Lipinski definition) is 2. The Morgan fingerprint density at radius 3 is 2.41 bits per heavy atom. The number of halogens is 1. The van der Waals surface area contributed by atoms with Crippen LogP contribution in [-0.2, 0) is 9.59 Å². The lowest BCUT2D eigenvalue weighted by atomic mass is 10.0. The number of amides is 1. The van der Waals surface area contributed by atoms with Crippen LogP contribution in [0.2, 0.25) is 0 Å². The Hall–Kier alpha value is -1.91. The summed E-state index contributed by atoms with van der Waals surface area (Å²) in [6.07, 6.45) is 0. The first-order valence-electron chi connectivity index (χ1n) is 5.20. The van der Waals surface area contributed by atoms with Gasteiger partial charge in [-0.05, 0) is 12.5 Å². The van der Waals surface area contributed by atoms with Crippen molar-refractivity contribution in [1.29, 1.82) is 0 Å². The Bertz CT molecular complexity index is 394. The Morgan fingerprint density at radius 2 is 1.94 bits per heavy atom. The number of carboxylic acids is 1. The quantitative estimate of drug-likeness (QED) is 0.814. The molecule has 1 amide bonds. The minimum absolute atomic E-state index is 0.499. The van der Waals surface area contributed by atoms with Gasteiger partial charge in [-0.25, -0.2) is 9.18 Å². The van der Waals surface area contributed by atoms with Crippen LogP contribution in [0.5, 0.6) is 0 Å². The molecule has 0 fully saturated rings. The van der Waals surface area contributed by atoms with Crippen LogP contribution in [0.15, 0.2) is 30.3 Å². The zero-order valence-corrected chi connectivity index (χ0v) is 9.39. The Morgan fingerprint density at radius 1 is 1.35 bits per heavy atom. The second kappa shape index (κ2) is 5.98. The molecule has 0 heterocycles. The summed E-state index contributed by atoms with van der Waals surface area (Å²) in [4.78, 5) is 22.2. The minimum atomic E-state index is -1.48. The SMILES string of the molecule is C[C@@H](C(=O)NC(CF)C(=O)O)c1ccccc1. The van der Waals surface area contributed by atoms with Gasteiger partial charge in [0.25, 0.3) is 0 Å². The maximum Gasteiger partial charge on any atom is 0.328 e. The lowest BCUT2D eigenvalue weighted by Gasteiger charge is -2.15. The van der Waals surface area contributed by atoms with Crippen LogP contribution in [0.4, 0.5) is 4.39 Å². The van der Waals surface area contributed by atoms with Gasteiger partial charge in [-0.1, -0.05) is 30.3 Å². The van der Waals surface area contributed by atoms with Gasteiger partial charge < -0.3 is 10.4 Å². The average molecular weight is 239 g/mol. The highest BCUT2D eigenvalue weighted by molar-refractivity contribution is 5.87. The van der Waals surface area contributed by atoms with E-state index < -0.39 is 30.5 Å². The third-order valence-electron chi connectivity index (χ3n) is 2.46. The highest BCUT2D eigenvalue weighted by atomic mass is 19.1. The number of benzene rings is 1. The molecule has 2 atom stereocenters. The Labute approximate surface area is 98.5 Å². The second-order valence-electron chi connectivity index (χ2n) is 3.69. The molecule has 0 spiro atoms. The van der Waals surface area contributed by atoms with Crippen LogP contribution in [0, 0.1) is 0 Å². The molecule has 1 aromatic carbocycles. The fourth-order valence-electron chi connectivity index (χ4n) is 1.36. The first kappa shape index (κ1) is 13.2. The van der Waals surface area contributed by atoms with Gasteiger partial charge in [-0.2, -0.15) is 0 Å². The van der Waals surface area contributed by atoms with E-state index in [-0.39, 0.29) is 0 Å². The molecular formula is C12H14FNO3. The molecule has 17 heavy (non-hydrogen) atoms. The number of carboxylic acid groups (broad SMARTS) is 1. The van der Waals surface area contributed by atoms with E-state index in [2.05, 4.69) is 5.32 Å². The highest BCUT2D eigenvalue weighted by Crippen LogP contribution is 2.14. The zero-order chi connectivity index (χ0) is 12.8. The summed E-state index contributed by atoms with van der Waals surface area (Å²) >= 11 is 0. The lowest BCUT2D eigenvalue weighted by Crippen LogP contribution is -2.44. The number of hydrogen-bond donors (Lipinski definition) is 2. The first-order chi connectivity index (χ1) is 8.06. The predicted molar refractivity (Wildman–Crippen MR) is 60.4 cm³/mol. The van der Waals surface area contributed by atoms with Gasteiger partial charge in [-0.3, -0.25) is 4.79 Å². The molecule has 1 unspecified atom stereocenters. The van der Waals surface area contributed by atoms with Crippen LogP contribution in [-0.4, -0.2) is 29.7 Å². The maximum absolute atomic E-state index is 12.3. The fourth-order valence-corrected chi connectivity index (χ4v) is 1.36. The molecule has 0 aliphatic heterocycles. The van der Waals surface area contributed by atoms with Crippen molar-refractivity contribution < 1.29 is 19.1 Å². The van der Waals surface area contributed by atoms with Crippen LogP contribution in [0.1, 0.15) is 18.4 Å². The van der Waals surface area contributed by atoms with Crippen molar-refractivity contribution in [2.45, 2.75) is 18.9 Å². The molecular weight excluding hydrogens is 225 g/mol. The van der Waals surface area contributed by atoms with Crippen LogP contribution in [0.3, 0.4) is 0 Å². The molecule has 0 bridgehead atoms. The van der Waals surface area contributed by atoms with Crippen molar-refractivity contribution in [3.63, 3.8) is 0 Å². The smallest absolute Gasteiger partial charge is 0.328 e.